The third-order valence-electron chi connectivity index (χ3n) is 6.60. The van der Waals surface area contributed by atoms with E-state index in [1.807, 2.05) is 29.2 Å². The molecule has 1 aromatic carbocycles. The van der Waals surface area contributed by atoms with Gasteiger partial charge in [-0.05, 0) is 43.7 Å². The highest BCUT2D eigenvalue weighted by Gasteiger charge is 2.36. The molecule has 2 amide bonds. The lowest BCUT2D eigenvalue weighted by Crippen LogP contribution is -2.43. The number of carbonyl (C=O) groups excluding carboxylic acids is 1. The molecule has 2 aliphatic heterocycles. The van der Waals surface area contributed by atoms with Gasteiger partial charge >= 0.3 is 6.03 Å². The number of imidazole rings is 1. The van der Waals surface area contributed by atoms with E-state index >= 15 is 0 Å². The maximum absolute atomic E-state index is 13.4. The number of nitrogens with one attached hydrogen (secondary N) is 2. The van der Waals surface area contributed by atoms with Gasteiger partial charge in [0.2, 0.25) is 0 Å². The summed E-state index contributed by atoms with van der Waals surface area (Å²) in [6.07, 6.45) is 6.44. The van der Waals surface area contributed by atoms with Crippen LogP contribution in [0.1, 0.15) is 75.5 Å². The first-order chi connectivity index (χ1) is 15.1. The molecule has 8 nitrogen and oxygen atoms in total. The number of carbonyl (C=O) groups is 1. The van der Waals surface area contributed by atoms with E-state index in [0.717, 1.165) is 67.3 Å². The molecule has 2 N–H and O–H groups in total. The average molecular weight is 422 g/mol. The van der Waals surface area contributed by atoms with Crippen LogP contribution < -0.4 is 5.32 Å². The van der Waals surface area contributed by atoms with Gasteiger partial charge in [0.15, 0.2) is 5.82 Å². The number of rotatable bonds is 4. The summed E-state index contributed by atoms with van der Waals surface area (Å²) in [6, 6.07) is 7.73. The van der Waals surface area contributed by atoms with Crippen molar-refractivity contribution in [2.24, 2.45) is 5.92 Å². The summed E-state index contributed by atoms with van der Waals surface area (Å²) in [7, 11) is 0. The van der Waals surface area contributed by atoms with Crippen LogP contribution in [0.3, 0.4) is 0 Å². The Balaban J connectivity index is 1.37. The number of hydrogen-bond donors (Lipinski definition) is 2. The summed E-state index contributed by atoms with van der Waals surface area (Å²) in [4.78, 5) is 23.5. The van der Waals surface area contributed by atoms with E-state index in [1.54, 1.807) is 0 Å². The summed E-state index contributed by atoms with van der Waals surface area (Å²) in [5, 5.41) is 12.2. The average Bonchev–Trinajstić information content (AvgIpc) is 3.46. The van der Waals surface area contributed by atoms with Crippen LogP contribution in [0.15, 0.2) is 24.3 Å². The summed E-state index contributed by atoms with van der Waals surface area (Å²) in [5.74, 6) is 3.03. The number of fused-ring (bicyclic) bond motifs is 2. The quantitative estimate of drug-likeness (QED) is 0.663. The molecule has 164 valence electrons. The molecule has 0 saturated carbocycles. The number of benzene rings is 1. The summed E-state index contributed by atoms with van der Waals surface area (Å²) >= 11 is 0. The molecule has 0 bridgehead atoms. The Morgan fingerprint density at radius 2 is 2.00 bits per heavy atom. The molecule has 1 saturated heterocycles. The number of hydrogen-bond acceptors (Lipinski definition) is 4. The van der Waals surface area contributed by atoms with Gasteiger partial charge < -0.3 is 19.8 Å². The van der Waals surface area contributed by atoms with Gasteiger partial charge in [-0.3, -0.25) is 0 Å². The molecule has 0 spiro atoms. The van der Waals surface area contributed by atoms with Crippen molar-refractivity contribution in [3.8, 4) is 0 Å². The third kappa shape index (κ3) is 3.79. The zero-order valence-corrected chi connectivity index (χ0v) is 18.3. The number of H-pyrrole nitrogens is 1. The molecule has 0 aliphatic carbocycles. The highest BCUT2D eigenvalue weighted by molar-refractivity contribution is 5.77. The van der Waals surface area contributed by atoms with E-state index < -0.39 is 0 Å². The van der Waals surface area contributed by atoms with Gasteiger partial charge in [-0.1, -0.05) is 32.4 Å². The molecule has 2 atom stereocenters. The number of urea groups is 1. The van der Waals surface area contributed by atoms with Crippen LogP contribution in [0.5, 0.6) is 0 Å². The summed E-state index contributed by atoms with van der Waals surface area (Å²) in [6.45, 7) is 5.91. The van der Waals surface area contributed by atoms with E-state index in [4.69, 9.17) is 4.98 Å². The van der Waals surface area contributed by atoms with Crippen LogP contribution in [0.2, 0.25) is 0 Å². The van der Waals surface area contributed by atoms with Gasteiger partial charge in [0.25, 0.3) is 0 Å². The van der Waals surface area contributed by atoms with Crippen molar-refractivity contribution < 1.29 is 4.79 Å². The fourth-order valence-electron chi connectivity index (χ4n) is 4.92. The molecular weight excluding hydrogens is 390 g/mol. The van der Waals surface area contributed by atoms with Crippen LogP contribution in [0.25, 0.3) is 11.0 Å². The van der Waals surface area contributed by atoms with Gasteiger partial charge in [0.05, 0.1) is 23.1 Å². The second-order valence-electron chi connectivity index (χ2n) is 9.10. The summed E-state index contributed by atoms with van der Waals surface area (Å²) < 4.78 is 2.27. The van der Waals surface area contributed by atoms with E-state index in [2.05, 4.69) is 38.9 Å². The fourth-order valence-corrected chi connectivity index (χ4v) is 4.92. The normalized spacial score (nSPS) is 20.1. The molecule has 3 aromatic rings. The van der Waals surface area contributed by atoms with Crippen LogP contribution in [0.4, 0.5) is 4.79 Å². The lowest BCUT2D eigenvalue weighted by atomic mass is 10.0. The van der Waals surface area contributed by atoms with Crippen LogP contribution in [-0.2, 0) is 13.0 Å². The molecule has 2 aliphatic rings. The molecule has 5 rings (SSSR count). The largest absolute Gasteiger partial charge is 0.340 e. The second-order valence-corrected chi connectivity index (χ2v) is 9.10. The number of aromatic amines is 1. The lowest BCUT2D eigenvalue weighted by molar-refractivity contribution is 0.181. The second kappa shape index (κ2) is 8.32. The van der Waals surface area contributed by atoms with Crippen LogP contribution >= 0.6 is 0 Å². The van der Waals surface area contributed by atoms with Gasteiger partial charge in [-0.2, -0.15) is 0 Å². The van der Waals surface area contributed by atoms with Crippen LogP contribution in [-0.4, -0.2) is 42.2 Å². The van der Waals surface area contributed by atoms with Crippen molar-refractivity contribution in [2.75, 3.05) is 6.54 Å². The van der Waals surface area contributed by atoms with E-state index in [9.17, 15) is 4.79 Å². The Morgan fingerprint density at radius 1 is 1.13 bits per heavy atom. The van der Waals surface area contributed by atoms with E-state index in [-0.39, 0.29) is 24.0 Å². The lowest BCUT2D eigenvalue weighted by Gasteiger charge is -2.28. The number of nitrogens with zero attached hydrogens (tertiary/aromatic N) is 5. The highest BCUT2D eigenvalue weighted by Crippen LogP contribution is 2.33. The molecule has 1 fully saturated rings. The zero-order valence-electron chi connectivity index (χ0n) is 18.3. The first kappa shape index (κ1) is 20.0. The molecule has 31 heavy (non-hydrogen) atoms. The summed E-state index contributed by atoms with van der Waals surface area (Å²) in [5.41, 5.74) is 1.91. The van der Waals surface area contributed by atoms with Crippen molar-refractivity contribution in [2.45, 2.75) is 71.0 Å². The molecule has 0 radical (unpaired) electrons. The Morgan fingerprint density at radius 3 is 2.84 bits per heavy atom. The first-order valence-corrected chi connectivity index (χ1v) is 11.6. The number of aromatic nitrogens is 5. The van der Waals surface area contributed by atoms with E-state index in [0.29, 0.717) is 0 Å². The van der Waals surface area contributed by atoms with Crippen molar-refractivity contribution in [1.29, 1.82) is 0 Å². The standard InChI is InChI=1S/C23H31N7O/c1-15(2)20(21-24-16-9-5-6-10-17(16)25-21)26-23(31)29-14-8-11-18(29)22-28-27-19-12-4-3-7-13-30(19)22/h5-6,9-10,15,18,20H,3-4,7-8,11-14H2,1-2H3,(H,24,25)(H,26,31). The first-order valence-electron chi connectivity index (χ1n) is 11.6. The Bertz CT molecular complexity index is 1040. The number of likely N-dealkylation sites (tertiary alicyclic amines) is 1. The topological polar surface area (TPSA) is 91.7 Å². The zero-order chi connectivity index (χ0) is 21.4. The van der Waals surface area contributed by atoms with Crippen molar-refractivity contribution in [3.63, 3.8) is 0 Å². The Hall–Kier alpha value is -2.90. The molecule has 2 unspecified atom stereocenters. The number of para-hydroxylation sites is 2. The Labute approximate surface area is 182 Å². The fraction of sp³-hybridized carbons (Fsp3) is 0.565. The predicted molar refractivity (Wildman–Crippen MR) is 118 cm³/mol. The van der Waals surface area contributed by atoms with E-state index in [1.165, 1.54) is 12.8 Å². The molecule has 8 heteroatoms. The van der Waals surface area contributed by atoms with Gasteiger partial charge in [-0.25, -0.2) is 9.78 Å². The van der Waals surface area contributed by atoms with Crippen molar-refractivity contribution >= 4 is 17.1 Å². The predicted octanol–water partition coefficient (Wildman–Crippen LogP) is 4.12. The van der Waals surface area contributed by atoms with Gasteiger partial charge in [0, 0.05) is 19.5 Å². The monoisotopic (exact) mass is 421 g/mol. The van der Waals surface area contributed by atoms with Crippen molar-refractivity contribution in [3.05, 3.63) is 41.7 Å². The smallest absolute Gasteiger partial charge is 0.318 e. The van der Waals surface area contributed by atoms with Crippen LogP contribution in [0, 0.1) is 5.92 Å². The SMILES string of the molecule is CC(C)C(NC(=O)N1CCCC1c1nnc2n1CCCCC2)c1nc2ccccc2[nH]1. The maximum Gasteiger partial charge on any atom is 0.318 e. The molecular formula is C23H31N7O. The number of aryl methyl sites for hydroxylation is 1. The Kier molecular flexibility index (Phi) is 5.38. The van der Waals surface area contributed by atoms with Gasteiger partial charge in [0.1, 0.15) is 11.6 Å². The molecule has 4 heterocycles. The van der Waals surface area contributed by atoms with Gasteiger partial charge in [-0.15, -0.1) is 10.2 Å². The van der Waals surface area contributed by atoms with Crippen molar-refractivity contribution in [1.82, 2.24) is 34.9 Å². The number of amides is 2. The maximum atomic E-state index is 13.4. The minimum absolute atomic E-state index is 0.0113. The minimum atomic E-state index is -0.184. The highest BCUT2D eigenvalue weighted by atomic mass is 16.2. The third-order valence-corrected chi connectivity index (χ3v) is 6.60. The minimum Gasteiger partial charge on any atom is -0.340 e. The molecule has 2 aromatic heterocycles.